The van der Waals surface area contributed by atoms with Crippen LogP contribution in [-0.4, -0.2) is 45.4 Å². The third-order valence-electron chi connectivity index (χ3n) is 5.12. The quantitative estimate of drug-likeness (QED) is 0.724. The maximum Gasteiger partial charge on any atom is 0.246 e. The Morgan fingerprint density at radius 3 is 2.60 bits per heavy atom. The molecule has 0 bridgehead atoms. The second kappa shape index (κ2) is 9.49. The standard InChI is InChI=1S/C22H28N2O5S/c1-4-29-19-10-8-18(9-11-19)23-22(25)17-6-5-13-24(15-17)30(26,27)21-14-16(2)7-12-20(21)28-3/h7-12,14,17H,4-6,13,15H2,1-3H3,(H,23,25)/t17-/m0/s1. The Morgan fingerprint density at radius 2 is 1.93 bits per heavy atom. The highest BCUT2D eigenvalue weighted by molar-refractivity contribution is 7.89. The maximum atomic E-state index is 13.2. The van der Waals surface area contributed by atoms with Gasteiger partial charge in [-0.3, -0.25) is 4.79 Å². The van der Waals surface area contributed by atoms with E-state index in [1.807, 2.05) is 13.8 Å². The molecule has 1 fully saturated rings. The van der Waals surface area contributed by atoms with E-state index in [-0.39, 0.29) is 17.3 Å². The van der Waals surface area contributed by atoms with Crippen LogP contribution >= 0.6 is 0 Å². The first-order chi connectivity index (χ1) is 14.3. The molecule has 0 unspecified atom stereocenters. The van der Waals surface area contributed by atoms with Crippen LogP contribution in [0.15, 0.2) is 47.4 Å². The summed E-state index contributed by atoms with van der Waals surface area (Å²) in [6.07, 6.45) is 1.26. The molecular weight excluding hydrogens is 404 g/mol. The largest absolute Gasteiger partial charge is 0.495 e. The molecule has 7 nitrogen and oxygen atoms in total. The number of sulfonamides is 1. The first-order valence-corrected chi connectivity index (χ1v) is 11.5. The average Bonchev–Trinajstić information content (AvgIpc) is 2.75. The molecule has 1 aliphatic heterocycles. The number of piperidine rings is 1. The van der Waals surface area contributed by atoms with E-state index in [2.05, 4.69) is 5.32 Å². The predicted octanol–water partition coefficient (Wildman–Crippen LogP) is 3.44. The van der Waals surface area contributed by atoms with E-state index in [4.69, 9.17) is 9.47 Å². The lowest BCUT2D eigenvalue weighted by Crippen LogP contribution is -2.43. The molecule has 0 aromatic heterocycles. The van der Waals surface area contributed by atoms with Crippen molar-refractivity contribution < 1.29 is 22.7 Å². The summed E-state index contributed by atoms with van der Waals surface area (Å²) in [4.78, 5) is 12.9. The van der Waals surface area contributed by atoms with Gasteiger partial charge in [0.1, 0.15) is 16.4 Å². The monoisotopic (exact) mass is 432 g/mol. The molecule has 1 heterocycles. The van der Waals surface area contributed by atoms with Gasteiger partial charge in [-0.05, 0) is 68.7 Å². The number of methoxy groups -OCH3 is 1. The summed E-state index contributed by atoms with van der Waals surface area (Å²) in [6.45, 7) is 4.84. The molecular formula is C22H28N2O5S. The van der Waals surface area contributed by atoms with Crippen LogP contribution in [0.4, 0.5) is 5.69 Å². The molecule has 3 rings (SSSR count). The number of nitrogens with zero attached hydrogens (tertiary/aromatic N) is 1. The summed E-state index contributed by atoms with van der Waals surface area (Å²) in [6, 6.07) is 12.2. The van der Waals surface area contributed by atoms with E-state index in [0.29, 0.717) is 37.4 Å². The van der Waals surface area contributed by atoms with Crippen molar-refractivity contribution in [2.24, 2.45) is 5.92 Å². The predicted molar refractivity (Wildman–Crippen MR) is 115 cm³/mol. The van der Waals surface area contributed by atoms with Crippen molar-refractivity contribution in [1.82, 2.24) is 4.31 Å². The fourth-order valence-corrected chi connectivity index (χ4v) is 5.31. The fraction of sp³-hybridized carbons (Fsp3) is 0.409. The lowest BCUT2D eigenvalue weighted by molar-refractivity contribution is -0.120. The van der Waals surface area contributed by atoms with Gasteiger partial charge in [0.25, 0.3) is 0 Å². The molecule has 2 aromatic rings. The molecule has 1 N–H and O–H groups in total. The van der Waals surface area contributed by atoms with Crippen molar-refractivity contribution in [1.29, 1.82) is 0 Å². The molecule has 0 saturated carbocycles. The number of carbonyl (C=O) groups excluding carboxylic acids is 1. The average molecular weight is 433 g/mol. The minimum Gasteiger partial charge on any atom is -0.495 e. The Labute approximate surface area is 178 Å². The molecule has 162 valence electrons. The fourth-order valence-electron chi connectivity index (χ4n) is 3.54. The van der Waals surface area contributed by atoms with E-state index in [1.54, 1.807) is 42.5 Å². The third-order valence-corrected chi connectivity index (χ3v) is 7.01. The van der Waals surface area contributed by atoms with E-state index >= 15 is 0 Å². The topological polar surface area (TPSA) is 84.9 Å². The number of hydrogen-bond acceptors (Lipinski definition) is 5. The van der Waals surface area contributed by atoms with Crippen LogP contribution in [0.3, 0.4) is 0 Å². The van der Waals surface area contributed by atoms with Gasteiger partial charge < -0.3 is 14.8 Å². The first kappa shape index (κ1) is 22.1. The summed E-state index contributed by atoms with van der Waals surface area (Å²) < 4.78 is 38.5. The summed E-state index contributed by atoms with van der Waals surface area (Å²) in [5, 5.41) is 2.88. The molecule has 0 radical (unpaired) electrons. The zero-order valence-corrected chi connectivity index (χ0v) is 18.4. The molecule has 0 spiro atoms. The number of amides is 1. The molecule has 1 aliphatic rings. The van der Waals surface area contributed by atoms with Gasteiger partial charge in [-0.25, -0.2) is 8.42 Å². The van der Waals surface area contributed by atoms with Gasteiger partial charge >= 0.3 is 0 Å². The normalized spacial score (nSPS) is 17.4. The maximum absolute atomic E-state index is 13.2. The Bertz CT molecular complexity index is 989. The lowest BCUT2D eigenvalue weighted by Gasteiger charge is -2.31. The van der Waals surface area contributed by atoms with Crippen molar-refractivity contribution in [3.63, 3.8) is 0 Å². The minimum atomic E-state index is -3.77. The van der Waals surface area contributed by atoms with Crippen molar-refractivity contribution in [3.8, 4) is 11.5 Å². The van der Waals surface area contributed by atoms with E-state index in [1.165, 1.54) is 11.4 Å². The number of aryl methyl sites for hydroxylation is 1. The SMILES string of the molecule is CCOc1ccc(NC(=O)[C@H]2CCCN(S(=O)(=O)c3cc(C)ccc3OC)C2)cc1. The highest BCUT2D eigenvalue weighted by Crippen LogP contribution is 2.31. The van der Waals surface area contributed by atoms with Crippen molar-refractivity contribution >= 4 is 21.6 Å². The van der Waals surface area contributed by atoms with Crippen molar-refractivity contribution in [2.75, 3.05) is 32.1 Å². The number of rotatable bonds is 7. The van der Waals surface area contributed by atoms with Crippen LogP contribution in [0.2, 0.25) is 0 Å². The van der Waals surface area contributed by atoms with E-state index < -0.39 is 15.9 Å². The van der Waals surface area contributed by atoms with Crippen LogP contribution in [0.1, 0.15) is 25.3 Å². The van der Waals surface area contributed by atoms with E-state index in [9.17, 15) is 13.2 Å². The zero-order valence-electron chi connectivity index (χ0n) is 17.6. The van der Waals surface area contributed by atoms with Crippen LogP contribution in [-0.2, 0) is 14.8 Å². The Kier molecular flexibility index (Phi) is 6.99. The minimum absolute atomic E-state index is 0.137. The zero-order chi connectivity index (χ0) is 21.7. The van der Waals surface area contributed by atoms with Crippen LogP contribution in [0, 0.1) is 12.8 Å². The van der Waals surface area contributed by atoms with Gasteiger partial charge in [-0.15, -0.1) is 0 Å². The summed E-state index contributed by atoms with van der Waals surface area (Å²) in [5.41, 5.74) is 1.49. The number of anilines is 1. The Hall–Kier alpha value is -2.58. The molecule has 2 aromatic carbocycles. The molecule has 8 heteroatoms. The number of nitrogens with one attached hydrogen (secondary N) is 1. The Morgan fingerprint density at radius 1 is 1.20 bits per heavy atom. The second-order valence-corrected chi connectivity index (χ2v) is 9.21. The number of hydrogen-bond donors (Lipinski definition) is 1. The smallest absolute Gasteiger partial charge is 0.246 e. The van der Waals surface area contributed by atoms with Gasteiger partial charge in [0.15, 0.2) is 0 Å². The molecule has 1 amide bonds. The van der Waals surface area contributed by atoms with Gasteiger partial charge in [-0.2, -0.15) is 4.31 Å². The Balaban J connectivity index is 1.73. The summed E-state index contributed by atoms with van der Waals surface area (Å²) >= 11 is 0. The van der Waals surface area contributed by atoms with E-state index in [0.717, 1.165) is 11.3 Å². The van der Waals surface area contributed by atoms with Crippen molar-refractivity contribution in [3.05, 3.63) is 48.0 Å². The first-order valence-electron chi connectivity index (χ1n) is 10.0. The van der Waals surface area contributed by atoms with Gasteiger partial charge in [0, 0.05) is 18.8 Å². The number of benzene rings is 2. The molecule has 1 atom stereocenters. The number of carbonyl (C=O) groups is 1. The highest BCUT2D eigenvalue weighted by Gasteiger charge is 2.35. The summed E-state index contributed by atoms with van der Waals surface area (Å²) in [5.74, 6) is 0.435. The second-order valence-electron chi connectivity index (χ2n) is 7.30. The van der Waals surface area contributed by atoms with Crippen LogP contribution in [0.5, 0.6) is 11.5 Å². The molecule has 0 aliphatic carbocycles. The van der Waals surface area contributed by atoms with Crippen LogP contribution < -0.4 is 14.8 Å². The van der Waals surface area contributed by atoms with Gasteiger partial charge in [0.2, 0.25) is 15.9 Å². The van der Waals surface area contributed by atoms with Crippen LogP contribution in [0.25, 0.3) is 0 Å². The third kappa shape index (κ3) is 4.94. The van der Waals surface area contributed by atoms with Gasteiger partial charge in [-0.1, -0.05) is 6.07 Å². The summed E-state index contributed by atoms with van der Waals surface area (Å²) in [7, 11) is -2.32. The van der Waals surface area contributed by atoms with Gasteiger partial charge in [0.05, 0.1) is 19.6 Å². The molecule has 30 heavy (non-hydrogen) atoms. The molecule has 1 saturated heterocycles. The van der Waals surface area contributed by atoms with Crippen molar-refractivity contribution in [2.45, 2.75) is 31.6 Å². The highest BCUT2D eigenvalue weighted by atomic mass is 32.2. The lowest BCUT2D eigenvalue weighted by atomic mass is 9.99. The number of ether oxygens (including phenoxy) is 2.